The first-order chi connectivity index (χ1) is 12.8. The van der Waals surface area contributed by atoms with Crippen LogP contribution in [0.15, 0.2) is 65.2 Å². The van der Waals surface area contributed by atoms with Crippen molar-refractivity contribution in [1.82, 2.24) is 10.1 Å². The number of nitrogens with zero attached hydrogens (tertiary/aromatic N) is 3. The summed E-state index contributed by atoms with van der Waals surface area (Å²) in [4.78, 5) is 4.83. The van der Waals surface area contributed by atoms with Gasteiger partial charge in [-0.25, -0.2) is 0 Å². The van der Waals surface area contributed by atoms with Gasteiger partial charge in [0, 0.05) is 50.0 Å². The predicted octanol–water partition coefficient (Wildman–Crippen LogP) is 3.67. The van der Waals surface area contributed by atoms with Gasteiger partial charge in [0.15, 0.2) is 5.76 Å². The molecule has 26 heavy (non-hydrogen) atoms. The average molecular weight is 349 g/mol. The zero-order valence-electron chi connectivity index (χ0n) is 15.0. The fraction of sp³-hybridized carbons (Fsp3) is 0.286. The molecule has 1 fully saturated rings. The highest BCUT2D eigenvalue weighted by Gasteiger charge is 2.19. The summed E-state index contributed by atoms with van der Waals surface area (Å²) in [6, 6.07) is 20.4. The van der Waals surface area contributed by atoms with Gasteiger partial charge in [-0.15, -0.1) is 0 Å². The van der Waals surface area contributed by atoms with Crippen LogP contribution < -0.4 is 9.64 Å². The van der Waals surface area contributed by atoms with Gasteiger partial charge in [0.05, 0.1) is 12.8 Å². The Morgan fingerprint density at radius 1 is 0.962 bits per heavy atom. The lowest BCUT2D eigenvalue weighted by atomic mass is 10.1. The van der Waals surface area contributed by atoms with Crippen molar-refractivity contribution in [3.8, 4) is 17.1 Å². The van der Waals surface area contributed by atoms with Gasteiger partial charge in [-0.3, -0.25) is 4.90 Å². The fourth-order valence-corrected chi connectivity index (χ4v) is 3.31. The van der Waals surface area contributed by atoms with Crippen LogP contribution in [0.25, 0.3) is 11.3 Å². The molecule has 3 aromatic rings. The molecule has 2 aromatic carbocycles. The van der Waals surface area contributed by atoms with Gasteiger partial charge in [0.25, 0.3) is 0 Å². The van der Waals surface area contributed by atoms with E-state index in [1.807, 2.05) is 48.5 Å². The van der Waals surface area contributed by atoms with Gasteiger partial charge in [-0.05, 0) is 24.3 Å². The van der Waals surface area contributed by atoms with Gasteiger partial charge in [0.1, 0.15) is 5.75 Å². The Morgan fingerprint density at radius 2 is 1.69 bits per heavy atom. The Balaban J connectivity index is 1.33. The number of anilines is 1. The van der Waals surface area contributed by atoms with Crippen LogP contribution >= 0.6 is 0 Å². The van der Waals surface area contributed by atoms with Gasteiger partial charge in [0.2, 0.25) is 0 Å². The van der Waals surface area contributed by atoms with Gasteiger partial charge >= 0.3 is 0 Å². The predicted molar refractivity (Wildman–Crippen MR) is 102 cm³/mol. The van der Waals surface area contributed by atoms with Crippen molar-refractivity contribution in [3.05, 3.63) is 66.4 Å². The third-order valence-electron chi connectivity index (χ3n) is 4.81. The second-order valence-electron chi connectivity index (χ2n) is 6.51. The maximum absolute atomic E-state index is 5.51. The molecule has 0 radical (unpaired) electrons. The number of rotatable bonds is 5. The molecule has 0 bridgehead atoms. The lowest BCUT2D eigenvalue weighted by Crippen LogP contribution is -2.46. The third kappa shape index (κ3) is 3.73. The first-order valence-electron chi connectivity index (χ1n) is 8.94. The molecule has 134 valence electrons. The Morgan fingerprint density at radius 3 is 2.38 bits per heavy atom. The van der Waals surface area contributed by atoms with E-state index in [2.05, 4.69) is 27.1 Å². The summed E-state index contributed by atoms with van der Waals surface area (Å²) in [5.74, 6) is 1.73. The molecule has 5 nitrogen and oxygen atoms in total. The topological polar surface area (TPSA) is 41.7 Å². The van der Waals surface area contributed by atoms with E-state index >= 15 is 0 Å². The van der Waals surface area contributed by atoms with Crippen LogP contribution in [0.3, 0.4) is 0 Å². The first-order valence-corrected chi connectivity index (χ1v) is 8.94. The minimum Gasteiger partial charge on any atom is -0.497 e. The molecular formula is C21H23N3O2. The number of aromatic nitrogens is 1. The monoisotopic (exact) mass is 349 g/mol. The van der Waals surface area contributed by atoms with Crippen LogP contribution in [0.1, 0.15) is 5.69 Å². The Kier molecular flexibility index (Phi) is 4.88. The van der Waals surface area contributed by atoms with Gasteiger partial charge in [-0.1, -0.05) is 35.5 Å². The van der Waals surface area contributed by atoms with E-state index in [4.69, 9.17) is 9.26 Å². The lowest BCUT2D eigenvalue weighted by Gasteiger charge is -2.35. The number of methoxy groups -OCH3 is 1. The van der Waals surface area contributed by atoms with Crippen molar-refractivity contribution >= 4 is 5.69 Å². The fourth-order valence-electron chi connectivity index (χ4n) is 3.31. The van der Waals surface area contributed by atoms with E-state index in [1.54, 1.807) is 7.11 Å². The van der Waals surface area contributed by atoms with E-state index in [1.165, 1.54) is 5.69 Å². The van der Waals surface area contributed by atoms with Crippen LogP contribution in [0.4, 0.5) is 5.69 Å². The minimum absolute atomic E-state index is 0.826. The van der Waals surface area contributed by atoms with E-state index in [-0.39, 0.29) is 0 Å². The molecule has 5 heteroatoms. The van der Waals surface area contributed by atoms with Crippen molar-refractivity contribution < 1.29 is 9.26 Å². The summed E-state index contributed by atoms with van der Waals surface area (Å²) < 4.78 is 10.7. The van der Waals surface area contributed by atoms with E-state index < -0.39 is 0 Å². The van der Waals surface area contributed by atoms with E-state index in [0.29, 0.717) is 0 Å². The molecule has 4 rings (SSSR count). The second-order valence-corrected chi connectivity index (χ2v) is 6.51. The van der Waals surface area contributed by atoms with Crippen LogP contribution in [0.2, 0.25) is 0 Å². The highest BCUT2D eigenvalue weighted by molar-refractivity contribution is 5.56. The van der Waals surface area contributed by atoms with Crippen LogP contribution in [0, 0.1) is 0 Å². The summed E-state index contributed by atoms with van der Waals surface area (Å²) >= 11 is 0. The Hall–Kier alpha value is -2.79. The smallest absolute Gasteiger partial charge is 0.167 e. The molecule has 0 atom stereocenters. The maximum atomic E-state index is 5.51. The first kappa shape index (κ1) is 16.7. The van der Waals surface area contributed by atoms with Crippen LogP contribution in [-0.2, 0) is 6.54 Å². The molecule has 0 amide bonds. The zero-order valence-corrected chi connectivity index (χ0v) is 15.0. The molecule has 1 aliphatic rings. The number of ether oxygens (including phenoxy) is 1. The SMILES string of the molecule is COc1ccc(N2CCN(Cc3cc(-c4ccccc4)on3)CC2)cc1. The standard InChI is InChI=1S/C21H23N3O2/c1-25-20-9-7-19(8-10-20)24-13-11-23(12-14-24)16-18-15-21(26-22-18)17-5-3-2-4-6-17/h2-10,15H,11-14,16H2,1H3. The third-order valence-corrected chi connectivity index (χ3v) is 4.81. The minimum atomic E-state index is 0.826. The van der Waals surface area contributed by atoms with E-state index in [9.17, 15) is 0 Å². The molecular weight excluding hydrogens is 326 g/mol. The summed E-state index contributed by atoms with van der Waals surface area (Å²) in [6.07, 6.45) is 0. The average Bonchev–Trinajstić information content (AvgIpc) is 3.18. The normalized spacial score (nSPS) is 15.2. The maximum Gasteiger partial charge on any atom is 0.167 e. The summed E-state index contributed by atoms with van der Waals surface area (Å²) in [5, 5.41) is 4.24. The highest BCUT2D eigenvalue weighted by atomic mass is 16.5. The molecule has 0 aliphatic carbocycles. The number of hydrogen-bond donors (Lipinski definition) is 0. The molecule has 0 saturated carbocycles. The summed E-state index contributed by atoms with van der Waals surface area (Å²) in [6.45, 7) is 4.87. The number of hydrogen-bond acceptors (Lipinski definition) is 5. The molecule has 0 spiro atoms. The van der Waals surface area contributed by atoms with E-state index in [0.717, 1.165) is 55.5 Å². The molecule has 1 aromatic heterocycles. The molecule has 2 heterocycles. The molecule has 0 N–H and O–H groups in total. The van der Waals surface area contributed by atoms with Crippen molar-refractivity contribution in [2.45, 2.75) is 6.54 Å². The Labute approximate surface area is 153 Å². The lowest BCUT2D eigenvalue weighted by molar-refractivity contribution is 0.242. The van der Waals surface area contributed by atoms with Gasteiger partial charge < -0.3 is 14.2 Å². The highest BCUT2D eigenvalue weighted by Crippen LogP contribution is 2.23. The van der Waals surface area contributed by atoms with Crippen molar-refractivity contribution in [1.29, 1.82) is 0 Å². The largest absolute Gasteiger partial charge is 0.497 e. The van der Waals surface area contributed by atoms with Crippen LogP contribution in [-0.4, -0.2) is 43.3 Å². The number of piperazine rings is 1. The second kappa shape index (κ2) is 7.62. The van der Waals surface area contributed by atoms with Crippen LogP contribution in [0.5, 0.6) is 5.75 Å². The Bertz CT molecular complexity index is 822. The van der Waals surface area contributed by atoms with Crippen molar-refractivity contribution in [2.24, 2.45) is 0 Å². The summed E-state index contributed by atoms with van der Waals surface area (Å²) in [7, 11) is 1.70. The molecule has 1 saturated heterocycles. The molecule has 1 aliphatic heterocycles. The zero-order chi connectivity index (χ0) is 17.8. The number of benzene rings is 2. The van der Waals surface area contributed by atoms with Gasteiger partial charge in [-0.2, -0.15) is 0 Å². The summed E-state index contributed by atoms with van der Waals surface area (Å²) in [5.41, 5.74) is 3.30. The quantitative estimate of drug-likeness (QED) is 0.703. The van der Waals surface area contributed by atoms with Crippen molar-refractivity contribution in [3.63, 3.8) is 0 Å². The van der Waals surface area contributed by atoms with Crippen molar-refractivity contribution in [2.75, 3.05) is 38.2 Å². The molecule has 0 unspecified atom stereocenters.